The highest BCUT2D eigenvalue weighted by molar-refractivity contribution is 6.50. The minimum absolute atomic E-state index is 0.130. The molecule has 1 atom stereocenters. The zero-order valence-corrected chi connectivity index (χ0v) is 22.2. The van der Waals surface area contributed by atoms with Crippen LogP contribution < -0.4 is 10.7 Å². The van der Waals surface area contributed by atoms with Crippen LogP contribution in [0.2, 0.25) is 0 Å². The van der Waals surface area contributed by atoms with Gasteiger partial charge in [0.15, 0.2) is 0 Å². The highest BCUT2D eigenvalue weighted by Gasteiger charge is 2.39. The van der Waals surface area contributed by atoms with Crippen LogP contribution in [0.1, 0.15) is 53.1 Å². The lowest BCUT2D eigenvalue weighted by Gasteiger charge is -2.33. The number of anilines is 1. The molecule has 3 aliphatic heterocycles. The minimum Gasteiger partial charge on any atom is -0.322 e. The number of piperidine rings is 2. The Morgan fingerprint density at radius 3 is 2.58 bits per heavy atom. The minimum atomic E-state index is -0.587. The topological polar surface area (TPSA) is 118 Å². The van der Waals surface area contributed by atoms with Gasteiger partial charge in [-0.05, 0) is 85.3 Å². The molecule has 2 saturated heterocycles. The number of nitrogens with one attached hydrogen (secondary N) is 3. The number of benzene rings is 2. The van der Waals surface area contributed by atoms with E-state index < -0.39 is 6.04 Å². The van der Waals surface area contributed by atoms with Crippen LogP contribution >= 0.6 is 0 Å². The standard InChI is InChI=1S/C31H32N6O3/c32-26-9-6-20(16-27(26)35-34-24-4-2-1-3-5-24)18-36-14-12-21(13-15-36)22-7-8-25-23(17-22)19-37(31(25)40)28-10-11-29(38)33-30(28)39/h1-9,16-17,21,28,32,34H,10-15,18-19H2,(H,33,38,39)/b32-26?,35-27-. The van der Waals surface area contributed by atoms with Crippen LogP contribution in [0.3, 0.4) is 0 Å². The molecular formula is C31H32N6O3. The van der Waals surface area contributed by atoms with Gasteiger partial charge in [-0.2, -0.15) is 5.10 Å². The maximum absolute atomic E-state index is 13.0. The second-order valence-electron chi connectivity index (χ2n) is 10.8. The first-order chi connectivity index (χ1) is 19.4. The number of fused-ring (bicyclic) bond motifs is 1. The van der Waals surface area contributed by atoms with Crippen molar-refractivity contribution < 1.29 is 14.4 Å². The lowest BCUT2D eigenvalue weighted by atomic mass is 9.87. The van der Waals surface area contributed by atoms with Crippen molar-refractivity contribution in [2.45, 2.75) is 44.2 Å². The van der Waals surface area contributed by atoms with Crippen LogP contribution in [0, 0.1) is 5.41 Å². The third-order valence-electron chi connectivity index (χ3n) is 8.15. The molecule has 0 radical (unpaired) electrons. The third-order valence-corrected chi connectivity index (χ3v) is 8.15. The lowest BCUT2D eigenvalue weighted by molar-refractivity contribution is -0.136. The number of carbonyl (C=O) groups excluding carboxylic acids is 3. The summed E-state index contributed by atoms with van der Waals surface area (Å²) in [6.45, 7) is 3.13. The quantitative estimate of drug-likeness (QED) is 0.296. The molecule has 0 spiro atoms. The molecule has 9 nitrogen and oxygen atoms in total. The number of nitrogens with zero attached hydrogens (tertiary/aromatic N) is 3. The smallest absolute Gasteiger partial charge is 0.255 e. The van der Waals surface area contributed by atoms with Crippen molar-refractivity contribution >= 4 is 34.8 Å². The Bertz CT molecular complexity index is 1450. The van der Waals surface area contributed by atoms with Gasteiger partial charge in [0.25, 0.3) is 5.91 Å². The summed E-state index contributed by atoms with van der Waals surface area (Å²) in [5.41, 5.74) is 8.92. The van der Waals surface area contributed by atoms with Crippen molar-refractivity contribution in [3.63, 3.8) is 0 Å². The number of rotatable bonds is 6. The molecule has 204 valence electrons. The molecule has 0 saturated carbocycles. The van der Waals surface area contributed by atoms with Crippen LogP contribution in [-0.2, 0) is 16.1 Å². The van der Waals surface area contributed by atoms with E-state index in [2.05, 4.69) is 32.9 Å². The number of imide groups is 1. The number of amides is 3. The molecule has 3 amide bonds. The van der Waals surface area contributed by atoms with Crippen molar-refractivity contribution in [3.05, 3.63) is 89.0 Å². The van der Waals surface area contributed by atoms with E-state index >= 15 is 0 Å². The molecule has 2 aromatic rings. The summed E-state index contributed by atoms with van der Waals surface area (Å²) in [6, 6.07) is 15.2. The van der Waals surface area contributed by atoms with E-state index in [9.17, 15) is 14.4 Å². The molecule has 3 N–H and O–H groups in total. The number of likely N-dealkylation sites (tertiary alicyclic amines) is 1. The largest absolute Gasteiger partial charge is 0.322 e. The van der Waals surface area contributed by atoms with Gasteiger partial charge < -0.3 is 4.90 Å². The molecule has 1 unspecified atom stereocenters. The second kappa shape index (κ2) is 11.0. The molecule has 9 heteroatoms. The van der Waals surface area contributed by atoms with E-state index in [4.69, 9.17) is 5.41 Å². The van der Waals surface area contributed by atoms with Gasteiger partial charge in [-0.25, -0.2) is 0 Å². The molecule has 1 aliphatic carbocycles. The summed E-state index contributed by atoms with van der Waals surface area (Å²) in [5.74, 6) is -0.370. The Hall–Kier alpha value is -4.37. The first-order valence-corrected chi connectivity index (χ1v) is 13.8. The van der Waals surface area contributed by atoms with Crippen molar-refractivity contribution in [1.82, 2.24) is 15.1 Å². The van der Waals surface area contributed by atoms with Gasteiger partial charge in [-0.3, -0.25) is 35.4 Å². The Morgan fingerprint density at radius 2 is 1.80 bits per heavy atom. The Morgan fingerprint density at radius 1 is 1.00 bits per heavy atom. The molecule has 0 bridgehead atoms. The summed E-state index contributed by atoms with van der Waals surface area (Å²) >= 11 is 0. The van der Waals surface area contributed by atoms with Crippen molar-refractivity contribution in [2.75, 3.05) is 25.1 Å². The summed E-state index contributed by atoms with van der Waals surface area (Å²) < 4.78 is 0. The number of hydrogen-bond acceptors (Lipinski definition) is 7. The summed E-state index contributed by atoms with van der Waals surface area (Å²) in [5, 5.41) is 15.0. The molecule has 0 aromatic heterocycles. The van der Waals surface area contributed by atoms with Gasteiger partial charge in [0, 0.05) is 25.1 Å². The molecule has 40 heavy (non-hydrogen) atoms. The predicted molar refractivity (Wildman–Crippen MR) is 153 cm³/mol. The summed E-state index contributed by atoms with van der Waals surface area (Å²) in [6.07, 6.45) is 8.46. The van der Waals surface area contributed by atoms with Crippen molar-refractivity contribution in [3.8, 4) is 0 Å². The highest BCUT2D eigenvalue weighted by Crippen LogP contribution is 2.34. The predicted octanol–water partition coefficient (Wildman–Crippen LogP) is 3.61. The number of carbonyl (C=O) groups is 3. The number of hydrogen-bond donors (Lipinski definition) is 3. The van der Waals surface area contributed by atoms with E-state index in [0.29, 0.717) is 35.9 Å². The fourth-order valence-electron chi connectivity index (χ4n) is 5.94. The van der Waals surface area contributed by atoms with Crippen LogP contribution in [0.5, 0.6) is 0 Å². The van der Waals surface area contributed by atoms with Gasteiger partial charge in [-0.15, -0.1) is 0 Å². The van der Waals surface area contributed by atoms with Gasteiger partial charge in [0.05, 0.1) is 11.4 Å². The fraction of sp³-hybridized carbons (Fsp3) is 0.323. The van der Waals surface area contributed by atoms with Crippen molar-refractivity contribution in [2.24, 2.45) is 5.10 Å². The Labute approximate surface area is 233 Å². The number of allylic oxidation sites excluding steroid dienone is 2. The molecule has 2 fully saturated rings. The average Bonchev–Trinajstić information content (AvgIpc) is 3.29. The van der Waals surface area contributed by atoms with E-state index in [1.807, 2.05) is 48.6 Å². The fourth-order valence-corrected chi connectivity index (χ4v) is 5.94. The molecule has 6 rings (SSSR count). The van der Waals surface area contributed by atoms with Crippen molar-refractivity contribution in [1.29, 1.82) is 5.41 Å². The maximum Gasteiger partial charge on any atom is 0.255 e. The van der Waals surface area contributed by atoms with Crippen LogP contribution in [-0.4, -0.2) is 64.6 Å². The van der Waals surface area contributed by atoms with Gasteiger partial charge >= 0.3 is 0 Å². The SMILES string of the molecule is N=C1C=CC(CN2CCC(c3ccc4c(c3)CN(C3CCC(=O)NC3=O)C4=O)CC2)=C/C1=N/Nc1ccccc1. The average molecular weight is 537 g/mol. The van der Waals surface area contributed by atoms with Gasteiger partial charge in [0.2, 0.25) is 11.8 Å². The molecule has 2 aromatic carbocycles. The van der Waals surface area contributed by atoms with E-state index in [0.717, 1.165) is 49.3 Å². The third kappa shape index (κ3) is 5.37. The number of para-hydroxylation sites is 1. The molecule has 3 heterocycles. The second-order valence-corrected chi connectivity index (χ2v) is 10.8. The normalized spacial score (nSPS) is 22.9. The van der Waals surface area contributed by atoms with Crippen LogP contribution in [0.15, 0.2) is 77.4 Å². The molecular weight excluding hydrogens is 504 g/mol. The Kier molecular flexibility index (Phi) is 7.13. The monoisotopic (exact) mass is 536 g/mol. The first kappa shape index (κ1) is 25.9. The van der Waals surface area contributed by atoms with E-state index in [1.165, 1.54) is 5.56 Å². The zero-order valence-electron chi connectivity index (χ0n) is 22.2. The van der Waals surface area contributed by atoms with Gasteiger partial charge in [0.1, 0.15) is 11.8 Å². The van der Waals surface area contributed by atoms with Crippen LogP contribution in [0.25, 0.3) is 0 Å². The Balaban J connectivity index is 1.05. The van der Waals surface area contributed by atoms with Gasteiger partial charge in [-0.1, -0.05) is 36.4 Å². The number of hydrazone groups is 1. The highest BCUT2D eigenvalue weighted by atomic mass is 16.2. The summed E-state index contributed by atoms with van der Waals surface area (Å²) in [4.78, 5) is 40.9. The van der Waals surface area contributed by atoms with E-state index in [-0.39, 0.29) is 24.1 Å². The maximum atomic E-state index is 13.0. The van der Waals surface area contributed by atoms with E-state index in [1.54, 1.807) is 11.0 Å². The summed E-state index contributed by atoms with van der Waals surface area (Å²) in [7, 11) is 0. The molecule has 4 aliphatic rings. The zero-order chi connectivity index (χ0) is 27.6. The lowest BCUT2D eigenvalue weighted by Crippen LogP contribution is -2.52. The van der Waals surface area contributed by atoms with Crippen LogP contribution in [0.4, 0.5) is 5.69 Å². The first-order valence-electron chi connectivity index (χ1n) is 13.8.